The number of carbonyl (C=O) groups is 1. The van der Waals surface area contributed by atoms with Crippen LogP contribution >= 0.6 is 0 Å². The summed E-state index contributed by atoms with van der Waals surface area (Å²) in [4.78, 5) is 21.2. The highest BCUT2D eigenvalue weighted by molar-refractivity contribution is 5.84. The second-order valence-electron chi connectivity index (χ2n) is 4.55. The molecule has 0 unspecified atom stereocenters. The van der Waals surface area contributed by atoms with E-state index in [2.05, 4.69) is 0 Å². The Bertz CT molecular complexity index is 703. The molecule has 0 spiro atoms. The maximum absolute atomic E-state index is 11.1. The second kappa shape index (κ2) is 5.66. The van der Waals surface area contributed by atoms with Gasteiger partial charge in [-0.3, -0.25) is 10.1 Å². The van der Waals surface area contributed by atoms with Gasteiger partial charge in [0, 0.05) is 6.07 Å². The van der Waals surface area contributed by atoms with Crippen LogP contribution in [0.1, 0.15) is 27.4 Å². The number of carboxylic acids is 1. The Morgan fingerprint density at radius 1 is 1.38 bits per heavy atom. The summed E-state index contributed by atoms with van der Waals surface area (Å²) >= 11 is 0. The first-order valence-corrected chi connectivity index (χ1v) is 6.09. The van der Waals surface area contributed by atoms with E-state index >= 15 is 0 Å². The Labute approximate surface area is 119 Å². The smallest absolute Gasteiger partial charge is 0.371 e. The van der Waals surface area contributed by atoms with Crippen LogP contribution in [0, 0.1) is 24.0 Å². The van der Waals surface area contributed by atoms with E-state index in [0.29, 0.717) is 5.56 Å². The second-order valence-corrected chi connectivity index (χ2v) is 4.55. The summed E-state index contributed by atoms with van der Waals surface area (Å²) in [5.41, 5.74) is 1.27. The highest BCUT2D eigenvalue weighted by Crippen LogP contribution is 2.32. The van der Waals surface area contributed by atoms with Crippen LogP contribution in [0.25, 0.3) is 0 Å². The molecule has 21 heavy (non-hydrogen) atoms. The molecule has 2 rings (SSSR count). The monoisotopic (exact) mass is 291 g/mol. The van der Waals surface area contributed by atoms with Crippen molar-refractivity contribution in [2.75, 3.05) is 0 Å². The average Bonchev–Trinajstić information content (AvgIpc) is 2.85. The van der Waals surface area contributed by atoms with Crippen LogP contribution in [-0.2, 0) is 6.61 Å². The summed E-state index contributed by atoms with van der Waals surface area (Å²) in [7, 11) is 0. The molecule has 0 saturated carbocycles. The number of furan rings is 1. The van der Waals surface area contributed by atoms with Gasteiger partial charge in [-0.15, -0.1) is 0 Å². The Morgan fingerprint density at radius 3 is 2.67 bits per heavy atom. The molecular formula is C14H13NO6. The van der Waals surface area contributed by atoms with E-state index in [1.807, 2.05) is 0 Å². The van der Waals surface area contributed by atoms with Gasteiger partial charge in [-0.1, -0.05) is 6.07 Å². The topological polar surface area (TPSA) is 103 Å². The number of rotatable bonds is 5. The van der Waals surface area contributed by atoms with Crippen molar-refractivity contribution >= 4 is 11.7 Å². The van der Waals surface area contributed by atoms with Crippen molar-refractivity contribution in [3.63, 3.8) is 0 Å². The largest absolute Gasteiger partial charge is 0.478 e. The molecule has 0 amide bonds. The van der Waals surface area contributed by atoms with Gasteiger partial charge in [-0.2, -0.15) is 0 Å². The first-order chi connectivity index (χ1) is 9.88. The molecule has 0 aliphatic heterocycles. The molecule has 1 N–H and O–H groups in total. The van der Waals surface area contributed by atoms with Crippen molar-refractivity contribution in [3.05, 3.63) is 57.0 Å². The number of benzene rings is 1. The number of hydrogen-bond acceptors (Lipinski definition) is 5. The van der Waals surface area contributed by atoms with Gasteiger partial charge in [0.2, 0.25) is 11.5 Å². The first-order valence-electron chi connectivity index (χ1n) is 6.09. The zero-order valence-corrected chi connectivity index (χ0v) is 11.5. The lowest BCUT2D eigenvalue weighted by molar-refractivity contribution is -0.386. The number of nitro groups is 1. The molecule has 0 fully saturated rings. The normalized spacial score (nSPS) is 10.4. The van der Waals surface area contributed by atoms with E-state index < -0.39 is 10.9 Å². The van der Waals surface area contributed by atoms with E-state index in [0.717, 1.165) is 5.56 Å². The summed E-state index contributed by atoms with van der Waals surface area (Å²) in [5, 5.41) is 19.8. The Kier molecular flexibility index (Phi) is 3.93. The lowest BCUT2D eigenvalue weighted by Gasteiger charge is -2.09. The number of nitro benzene ring substituents is 1. The van der Waals surface area contributed by atoms with Crippen LogP contribution in [0.3, 0.4) is 0 Å². The fourth-order valence-corrected chi connectivity index (χ4v) is 1.97. The molecule has 0 atom stereocenters. The first kappa shape index (κ1) is 14.6. The zero-order chi connectivity index (χ0) is 15.6. The van der Waals surface area contributed by atoms with Gasteiger partial charge in [0.1, 0.15) is 12.4 Å². The maximum atomic E-state index is 11.1. The predicted molar refractivity (Wildman–Crippen MR) is 72.6 cm³/mol. The summed E-state index contributed by atoms with van der Waals surface area (Å²) in [5.74, 6) is -0.956. The van der Waals surface area contributed by atoms with E-state index in [-0.39, 0.29) is 29.6 Å². The molecule has 110 valence electrons. The molecule has 0 saturated heterocycles. The van der Waals surface area contributed by atoms with Crippen molar-refractivity contribution in [1.29, 1.82) is 0 Å². The van der Waals surface area contributed by atoms with Crippen molar-refractivity contribution in [2.45, 2.75) is 20.5 Å². The molecule has 1 aromatic heterocycles. The third kappa shape index (κ3) is 3.19. The minimum absolute atomic E-state index is 0.0853. The number of aromatic carboxylic acids is 1. The van der Waals surface area contributed by atoms with Crippen LogP contribution in [0.4, 0.5) is 5.69 Å². The molecule has 0 radical (unpaired) electrons. The number of nitrogens with zero attached hydrogens (tertiary/aromatic N) is 1. The summed E-state index contributed by atoms with van der Waals surface area (Å²) in [6.45, 7) is 3.38. The summed E-state index contributed by atoms with van der Waals surface area (Å²) < 4.78 is 10.5. The van der Waals surface area contributed by atoms with E-state index in [1.165, 1.54) is 18.2 Å². The van der Waals surface area contributed by atoms with Crippen molar-refractivity contribution in [3.8, 4) is 5.75 Å². The van der Waals surface area contributed by atoms with Crippen molar-refractivity contribution in [2.24, 2.45) is 0 Å². The van der Waals surface area contributed by atoms with Crippen LogP contribution in [0.2, 0.25) is 0 Å². The molecule has 0 aliphatic carbocycles. The third-order valence-corrected chi connectivity index (χ3v) is 2.83. The molecule has 0 bridgehead atoms. The summed E-state index contributed by atoms with van der Waals surface area (Å²) in [6.07, 6.45) is 0. The van der Waals surface area contributed by atoms with Gasteiger partial charge in [0.15, 0.2) is 0 Å². The van der Waals surface area contributed by atoms with E-state index in [1.54, 1.807) is 19.9 Å². The van der Waals surface area contributed by atoms with Crippen LogP contribution < -0.4 is 4.74 Å². The van der Waals surface area contributed by atoms with Gasteiger partial charge in [0.05, 0.1) is 4.92 Å². The Balaban J connectivity index is 2.23. The number of ether oxygens (including phenoxy) is 1. The van der Waals surface area contributed by atoms with Gasteiger partial charge in [-0.25, -0.2) is 4.79 Å². The Hall–Kier alpha value is -2.83. The quantitative estimate of drug-likeness (QED) is 0.670. The standard InChI is InChI=1S/C14H13NO6/c1-8-5-9(2)13(11(6-8)15(18)19)20-7-10-3-4-12(21-10)14(16)17/h3-6H,7H2,1-2H3,(H,16,17). The van der Waals surface area contributed by atoms with Crippen molar-refractivity contribution in [1.82, 2.24) is 0 Å². The predicted octanol–water partition coefficient (Wildman–Crippen LogP) is 3.08. The molecule has 7 heteroatoms. The van der Waals surface area contributed by atoms with Crippen molar-refractivity contribution < 1.29 is 24.0 Å². The van der Waals surface area contributed by atoms with Gasteiger partial charge < -0.3 is 14.3 Å². The highest BCUT2D eigenvalue weighted by Gasteiger charge is 2.19. The van der Waals surface area contributed by atoms with E-state index in [4.69, 9.17) is 14.3 Å². The molecule has 7 nitrogen and oxygen atoms in total. The third-order valence-electron chi connectivity index (χ3n) is 2.83. The fraction of sp³-hybridized carbons (Fsp3) is 0.214. The minimum atomic E-state index is -1.18. The lowest BCUT2D eigenvalue weighted by atomic mass is 10.1. The molecule has 2 aromatic rings. The number of carboxylic acid groups (broad SMARTS) is 1. The molecule has 0 aliphatic rings. The SMILES string of the molecule is Cc1cc(C)c(OCc2ccc(C(=O)O)o2)c([N+](=O)[O-])c1. The Morgan fingerprint density at radius 2 is 2.10 bits per heavy atom. The van der Waals surface area contributed by atoms with Crippen LogP contribution in [0.15, 0.2) is 28.7 Å². The molecule has 1 heterocycles. The fourth-order valence-electron chi connectivity index (χ4n) is 1.97. The maximum Gasteiger partial charge on any atom is 0.371 e. The molecular weight excluding hydrogens is 278 g/mol. The average molecular weight is 291 g/mol. The highest BCUT2D eigenvalue weighted by atomic mass is 16.6. The number of hydrogen-bond donors (Lipinski definition) is 1. The van der Waals surface area contributed by atoms with Gasteiger partial charge >= 0.3 is 11.7 Å². The number of aryl methyl sites for hydroxylation is 2. The van der Waals surface area contributed by atoms with Crippen LogP contribution in [-0.4, -0.2) is 16.0 Å². The zero-order valence-electron chi connectivity index (χ0n) is 11.5. The minimum Gasteiger partial charge on any atom is -0.478 e. The summed E-state index contributed by atoms with van der Waals surface area (Å²) in [6, 6.07) is 5.95. The van der Waals surface area contributed by atoms with Gasteiger partial charge in [0.25, 0.3) is 0 Å². The van der Waals surface area contributed by atoms with Gasteiger partial charge in [-0.05, 0) is 37.1 Å². The van der Waals surface area contributed by atoms with E-state index in [9.17, 15) is 14.9 Å². The van der Waals surface area contributed by atoms with Crippen LogP contribution in [0.5, 0.6) is 5.75 Å². The molecule has 1 aromatic carbocycles. The lowest BCUT2D eigenvalue weighted by Crippen LogP contribution is -2.01.